The predicted molar refractivity (Wildman–Crippen MR) is 34.8 cm³/mol. The molecule has 1 unspecified atom stereocenters. The summed E-state index contributed by atoms with van der Waals surface area (Å²) in [7, 11) is -2.49. The molecule has 1 atom stereocenters. The average Bonchev–Trinajstić information content (AvgIpc) is 2.15. The van der Waals surface area contributed by atoms with Crippen LogP contribution < -0.4 is 4.52 Å². The molecule has 1 aromatic heterocycles. The SMILES string of the molecule is O=[P+](O)Oc1cccs1. The van der Waals surface area contributed by atoms with Crippen molar-refractivity contribution >= 4 is 19.6 Å². The summed E-state index contributed by atoms with van der Waals surface area (Å²) in [4.78, 5) is 8.22. The lowest BCUT2D eigenvalue weighted by Crippen LogP contribution is -1.71. The van der Waals surface area contributed by atoms with E-state index in [0.717, 1.165) is 0 Å². The van der Waals surface area contributed by atoms with Crippen molar-refractivity contribution in [3.63, 3.8) is 0 Å². The van der Waals surface area contributed by atoms with Crippen molar-refractivity contribution in [1.29, 1.82) is 0 Å². The van der Waals surface area contributed by atoms with Crippen LogP contribution in [0, 0.1) is 0 Å². The van der Waals surface area contributed by atoms with E-state index in [1.54, 1.807) is 17.5 Å². The van der Waals surface area contributed by atoms with Crippen LogP contribution in [0.3, 0.4) is 0 Å². The van der Waals surface area contributed by atoms with E-state index in [2.05, 4.69) is 4.52 Å². The van der Waals surface area contributed by atoms with E-state index in [0.29, 0.717) is 5.06 Å². The lowest BCUT2D eigenvalue weighted by molar-refractivity contribution is 0.415. The van der Waals surface area contributed by atoms with Gasteiger partial charge in [-0.3, -0.25) is 0 Å². The summed E-state index contributed by atoms with van der Waals surface area (Å²) in [6, 6.07) is 3.38. The molecule has 0 radical (unpaired) electrons. The largest absolute Gasteiger partial charge is 0.748 e. The highest BCUT2D eigenvalue weighted by Crippen LogP contribution is 2.26. The first-order valence-corrected chi connectivity index (χ1v) is 4.17. The topological polar surface area (TPSA) is 46.5 Å². The summed E-state index contributed by atoms with van der Waals surface area (Å²) in [5.41, 5.74) is 0. The molecule has 1 heterocycles. The van der Waals surface area contributed by atoms with Crippen molar-refractivity contribution < 1.29 is 14.0 Å². The summed E-state index contributed by atoms with van der Waals surface area (Å²) in [6.07, 6.45) is 0. The van der Waals surface area contributed by atoms with Crippen molar-refractivity contribution in [3.05, 3.63) is 17.5 Å². The Morgan fingerprint density at radius 2 is 2.56 bits per heavy atom. The van der Waals surface area contributed by atoms with Crippen LogP contribution in [0.4, 0.5) is 0 Å². The molecule has 0 bridgehead atoms. The first kappa shape index (κ1) is 6.68. The number of thiophene rings is 1. The summed E-state index contributed by atoms with van der Waals surface area (Å²) in [6.45, 7) is 0. The number of hydrogen-bond donors (Lipinski definition) is 1. The van der Waals surface area contributed by atoms with Gasteiger partial charge in [0, 0.05) is 4.57 Å². The van der Waals surface area contributed by atoms with Crippen LogP contribution in [0.2, 0.25) is 0 Å². The van der Waals surface area contributed by atoms with Crippen molar-refractivity contribution in [1.82, 2.24) is 0 Å². The summed E-state index contributed by atoms with van der Waals surface area (Å²) >= 11 is 1.29. The Balaban J connectivity index is 2.58. The van der Waals surface area contributed by atoms with Gasteiger partial charge in [0.25, 0.3) is 0 Å². The molecule has 0 aromatic carbocycles. The number of hydrogen-bond acceptors (Lipinski definition) is 3. The lowest BCUT2D eigenvalue weighted by atomic mass is 10.7. The third-order valence-electron chi connectivity index (χ3n) is 0.663. The standard InChI is InChI=1S/C4H3O3PS/c5-8(6)7-4-2-1-3-9-4/h1-3H/p+1. The second kappa shape index (κ2) is 2.92. The Labute approximate surface area is 56.9 Å². The molecule has 1 rings (SSSR count). The molecule has 0 aliphatic rings. The highest BCUT2D eigenvalue weighted by atomic mass is 32.1. The molecule has 1 N–H and O–H groups in total. The van der Waals surface area contributed by atoms with Gasteiger partial charge in [-0.1, -0.05) is 0 Å². The molecule has 5 heteroatoms. The van der Waals surface area contributed by atoms with Gasteiger partial charge in [-0.2, -0.15) is 0 Å². The van der Waals surface area contributed by atoms with E-state index in [9.17, 15) is 4.57 Å². The van der Waals surface area contributed by atoms with Crippen LogP contribution in [0.5, 0.6) is 5.06 Å². The number of rotatable bonds is 2. The van der Waals surface area contributed by atoms with Crippen LogP contribution in [0.1, 0.15) is 0 Å². The molecule has 0 spiro atoms. The van der Waals surface area contributed by atoms with Gasteiger partial charge in [0.15, 0.2) is 0 Å². The van der Waals surface area contributed by atoms with E-state index in [1.807, 2.05) is 0 Å². The third kappa shape index (κ3) is 2.10. The fraction of sp³-hybridized carbons (Fsp3) is 0. The first-order valence-electron chi connectivity index (χ1n) is 2.16. The highest BCUT2D eigenvalue weighted by molar-refractivity contribution is 7.33. The highest BCUT2D eigenvalue weighted by Gasteiger charge is 2.13. The van der Waals surface area contributed by atoms with Gasteiger partial charge in [0.05, 0.1) is 0 Å². The van der Waals surface area contributed by atoms with Crippen LogP contribution in [-0.4, -0.2) is 4.89 Å². The Bertz CT molecular complexity index is 196. The van der Waals surface area contributed by atoms with E-state index in [4.69, 9.17) is 4.89 Å². The zero-order chi connectivity index (χ0) is 6.69. The molecule has 3 nitrogen and oxygen atoms in total. The average molecular weight is 163 g/mol. The molecule has 9 heavy (non-hydrogen) atoms. The van der Waals surface area contributed by atoms with Gasteiger partial charge in [-0.25, -0.2) is 4.52 Å². The fourth-order valence-electron chi connectivity index (χ4n) is 0.392. The van der Waals surface area contributed by atoms with Crippen LogP contribution in [-0.2, 0) is 4.57 Å². The first-order chi connectivity index (χ1) is 4.29. The maximum atomic E-state index is 10.00. The van der Waals surface area contributed by atoms with E-state index >= 15 is 0 Å². The molecule has 0 fully saturated rings. The van der Waals surface area contributed by atoms with E-state index < -0.39 is 8.25 Å². The Morgan fingerprint density at radius 3 is 3.00 bits per heavy atom. The van der Waals surface area contributed by atoms with Gasteiger partial charge < -0.3 is 0 Å². The molecule has 0 saturated heterocycles. The van der Waals surface area contributed by atoms with Crippen molar-refractivity contribution in [2.45, 2.75) is 0 Å². The van der Waals surface area contributed by atoms with E-state index in [1.165, 1.54) is 11.3 Å². The van der Waals surface area contributed by atoms with Gasteiger partial charge in [-0.05, 0) is 17.5 Å². The smallest absolute Gasteiger partial charge is 0.218 e. The van der Waals surface area contributed by atoms with Gasteiger partial charge in [-0.15, -0.1) is 16.2 Å². The quantitative estimate of drug-likeness (QED) is 0.676. The molecule has 0 aliphatic heterocycles. The molecule has 1 aromatic rings. The normalized spacial score (nSPS) is 11.0. The minimum Gasteiger partial charge on any atom is -0.218 e. The summed E-state index contributed by atoms with van der Waals surface area (Å²) in [5.74, 6) is 0. The maximum Gasteiger partial charge on any atom is 0.748 e. The second-order valence-corrected chi connectivity index (χ2v) is 2.83. The third-order valence-corrected chi connectivity index (χ3v) is 1.88. The van der Waals surface area contributed by atoms with Crippen LogP contribution >= 0.6 is 19.6 Å². The summed E-state index contributed by atoms with van der Waals surface area (Å²) < 4.78 is 14.4. The molecule has 0 amide bonds. The monoisotopic (exact) mass is 163 g/mol. The van der Waals surface area contributed by atoms with Gasteiger partial charge in [0.1, 0.15) is 0 Å². The van der Waals surface area contributed by atoms with Crippen molar-refractivity contribution in [2.75, 3.05) is 0 Å². The predicted octanol–water partition coefficient (Wildman–Crippen LogP) is 1.78. The van der Waals surface area contributed by atoms with Gasteiger partial charge >= 0.3 is 8.25 Å². The lowest BCUT2D eigenvalue weighted by Gasteiger charge is -1.76. The molecule has 48 valence electrons. The maximum absolute atomic E-state index is 10.00. The van der Waals surface area contributed by atoms with Gasteiger partial charge in [0.2, 0.25) is 5.06 Å². The minimum absolute atomic E-state index is 0.471. The van der Waals surface area contributed by atoms with Crippen molar-refractivity contribution in [3.8, 4) is 5.06 Å². The van der Waals surface area contributed by atoms with Crippen LogP contribution in [0.25, 0.3) is 0 Å². The molecular weight excluding hydrogens is 159 g/mol. The second-order valence-electron chi connectivity index (χ2n) is 1.26. The zero-order valence-corrected chi connectivity index (χ0v) is 6.06. The van der Waals surface area contributed by atoms with Crippen LogP contribution in [0.15, 0.2) is 17.5 Å². The fourth-order valence-corrected chi connectivity index (χ4v) is 1.42. The Kier molecular flexibility index (Phi) is 2.16. The summed E-state index contributed by atoms with van der Waals surface area (Å²) in [5, 5.41) is 2.24. The van der Waals surface area contributed by atoms with Crippen molar-refractivity contribution in [2.24, 2.45) is 0 Å². The zero-order valence-electron chi connectivity index (χ0n) is 4.35. The van der Waals surface area contributed by atoms with E-state index in [-0.39, 0.29) is 0 Å². The molecular formula is C4H4O3PS+. The Morgan fingerprint density at radius 1 is 1.78 bits per heavy atom. The Hall–Kier alpha value is -0.440. The molecule has 0 saturated carbocycles. The minimum atomic E-state index is -2.49. The molecule has 0 aliphatic carbocycles.